The van der Waals surface area contributed by atoms with Crippen molar-refractivity contribution in [3.8, 4) is 0 Å². The molecule has 0 radical (unpaired) electrons. The minimum absolute atomic E-state index is 0.438. The summed E-state index contributed by atoms with van der Waals surface area (Å²) in [6.07, 6.45) is 6.70. The fraction of sp³-hybridized carbons (Fsp3) is 1.00. The van der Waals surface area contributed by atoms with Gasteiger partial charge in [0.25, 0.3) is 0 Å². The maximum atomic E-state index is 4.63. The highest BCUT2D eigenvalue weighted by Gasteiger charge is 2.11. The van der Waals surface area contributed by atoms with Crippen molar-refractivity contribution < 1.29 is 0 Å². The molecule has 0 saturated heterocycles. The largest absolute Gasteiger partial charge is 0.179 e. The standard InChI is InChI=1S/C12H26S5/c1-9(14)8-12(17)5-4-10(15)2-3-11(16)6-7-13/h9-17H,2-8H2,1H3. The third-order valence-corrected chi connectivity index (χ3v) is 4.71. The molecule has 0 aliphatic rings. The molecule has 0 saturated carbocycles. The van der Waals surface area contributed by atoms with Gasteiger partial charge < -0.3 is 0 Å². The number of rotatable bonds is 10. The SMILES string of the molecule is CC(S)CC(S)CCC(S)CCC(S)CCS. The van der Waals surface area contributed by atoms with E-state index in [-0.39, 0.29) is 0 Å². The van der Waals surface area contributed by atoms with Gasteiger partial charge in [-0.05, 0) is 49.5 Å². The van der Waals surface area contributed by atoms with Crippen molar-refractivity contribution in [1.29, 1.82) is 0 Å². The zero-order valence-corrected chi connectivity index (χ0v) is 15.0. The van der Waals surface area contributed by atoms with Gasteiger partial charge in [-0.2, -0.15) is 63.1 Å². The topological polar surface area (TPSA) is 0 Å². The molecule has 0 N–H and O–H groups in total. The van der Waals surface area contributed by atoms with E-state index >= 15 is 0 Å². The second-order valence-corrected chi connectivity index (χ2v) is 8.23. The van der Waals surface area contributed by atoms with Gasteiger partial charge in [0, 0.05) is 15.7 Å². The van der Waals surface area contributed by atoms with E-state index in [1.807, 2.05) is 0 Å². The summed E-state index contributed by atoms with van der Waals surface area (Å²) in [6.45, 7) is 2.12. The van der Waals surface area contributed by atoms with Gasteiger partial charge >= 0.3 is 0 Å². The van der Waals surface area contributed by atoms with Gasteiger partial charge in [-0.3, -0.25) is 0 Å². The molecule has 0 amide bonds. The minimum Gasteiger partial charge on any atom is -0.179 e. The third-order valence-electron chi connectivity index (χ3n) is 2.74. The molecule has 0 bridgehead atoms. The van der Waals surface area contributed by atoms with Crippen molar-refractivity contribution in [2.75, 3.05) is 5.75 Å². The molecule has 0 nitrogen and oxygen atoms in total. The predicted molar refractivity (Wildman–Crippen MR) is 98.3 cm³/mol. The monoisotopic (exact) mass is 330 g/mol. The molecule has 4 unspecified atom stereocenters. The van der Waals surface area contributed by atoms with Crippen molar-refractivity contribution >= 4 is 63.1 Å². The Morgan fingerprint density at radius 1 is 0.706 bits per heavy atom. The average Bonchev–Trinajstić information content (AvgIpc) is 2.23. The van der Waals surface area contributed by atoms with E-state index in [1.54, 1.807) is 0 Å². The minimum atomic E-state index is 0.438. The van der Waals surface area contributed by atoms with Crippen LogP contribution in [0.5, 0.6) is 0 Å². The van der Waals surface area contributed by atoms with E-state index in [4.69, 9.17) is 0 Å². The van der Waals surface area contributed by atoms with Gasteiger partial charge in [0.05, 0.1) is 0 Å². The smallest absolute Gasteiger partial charge is 0.00275 e. The van der Waals surface area contributed by atoms with Gasteiger partial charge in [-0.25, -0.2) is 0 Å². The van der Waals surface area contributed by atoms with Gasteiger partial charge in [-0.1, -0.05) is 6.92 Å². The first-order chi connectivity index (χ1) is 7.95. The van der Waals surface area contributed by atoms with Crippen molar-refractivity contribution in [3.05, 3.63) is 0 Å². The fourth-order valence-electron chi connectivity index (χ4n) is 1.72. The van der Waals surface area contributed by atoms with Crippen molar-refractivity contribution in [2.24, 2.45) is 0 Å². The Labute approximate surface area is 135 Å². The van der Waals surface area contributed by atoms with Gasteiger partial charge in [0.2, 0.25) is 0 Å². The molecule has 17 heavy (non-hydrogen) atoms. The molecule has 0 spiro atoms. The highest BCUT2D eigenvalue weighted by molar-refractivity contribution is 7.82. The highest BCUT2D eigenvalue weighted by atomic mass is 32.1. The lowest BCUT2D eigenvalue weighted by atomic mass is 10.1. The van der Waals surface area contributed by atoms with E-state index < -0.39 is 0 Å². The molecule has 0 aliphatic carbocycles. The lowest BCUT2D eigenvalue weighted by molar-refractivity contribution is 0.593. The normalized spacial score (nSPS) is 18.7. The summed E-state index contributed by atoms with van der Waals surface area (Å²) in [7, 11) is 0. The van der Waals surface area contributed by atoms with E-state index in [0.29, 0.717) is 21.0 Å². The van der Waals surface area contributed by atoms with Gasteiger partial charge in [-0.15, -0.1) is 0 Å². The van der Waals surface area contributed by atoms with E-state index in [1.165, 1.54) is 0 Å². The lowest BCUT2D eigenvalue weighted by Gasteiger charge is -2.17. The zero-order valence-electron chi connectivity index (χ0n) is 10.5. The lowest BCUT2D eigenvalue weighted by Crippen LogP contribution is -2.10. The highest BCUT2D eigenvalue weighted by Crippen LogP contribution is 2.21. The van der Waals surface area contributed by atoms with Crippen molar-refractivity contribution in [1.82, 2.24) is 0 Å². The Morgan fingerprint density at radius 2 is 1.12 bits per heavy atom. The Bertz CT molecular complexity index is 174. The van der Waals surface area contributed by atoms with Gasteiger partial charge in [0.15, 0.2) is 0 Å². The molecule has 0 aliphatic heterocycles. The average molecular weight is 331 g/mol. The number of hydrogen-bond donors (Lipinski definition) is 5. The zero-order chi connectivity index (χ0) is 13.3. The summed E-state index contributed by atoms with van der Waals surface area (Å²) in [4.78, 5) is 0. The summed E-state index contributed by atoms with van der Waals surface area (Å²) >= 11 is 22.3. The third kappa shape index (κ3) is 12.5. The molecule has 4 atom stereocenters. The summed E-state index contributed by atoms with van der Waals surface area (Å²) in [6, 6.07) is 0. The quantitative estimate of drug-likeness (QED) is 0.359. The van der Waals surface area contributed by atoms with Crippen LogP contribution in [-0.2, 0) is 0 Å². The molecular formula is C12H26S5. The Hall–Kier alpha value is 1.75. The molecule has 0 rings (SSSR count). The van der Waals surface area contributed by atoms with Crippen LogP contribution >= 0.6 is 63.1 Å². The molecule has 5 heteroatoms. The Kier molecular flexibility index (Phi) is 12.8. The maximum absolute atomic E-state index is 4.63. The van der Waals surface area contributed by atoms with E-state index in [0.717, 1.165) is 44.3 Å². The predicted octanol–water partition coefficient (Wildman–Crippen LogP) is 4.47. The first-order valence-electron chi connectivity index (χ1n) is 6.28. The molecule has 0 aromatic heterocycles. The summed E-state index contributed by atoms with van der Waals surface area (Å²) in [5.74, 6) is 0.921. The first kappa shape index (κ1) is 18.8. The van der Waals surface area contributed by atoms with Crippen molar-refractivity contribution in [3.63, 3.8) is 0 Å². The van der Waals surface area contributed by atoms with Crippen LogP contribution in [0.4, 0.5) is 0 Å². The van der Waals surface area contributed by atoms with Crippen LogP contribution in [0.1, 0.15) is 45.4 Å². The van der Waals surface area contributed by atoms with Crippen LogP contribution in [0, 0.1) is 0 Å². The number of hydrogen-bond acceptors (Lipinski definition) is 5. The van der Waals surface area contributed by atoms with E-state index in [2.05, 4.69) is 70.1 Å². The summed E-state index contributed by atoms with van der Waals surface area (Å²) < 4.78 is 0. The summed E-state index contributed by atoms with van der Waals surface area (Å²) in [5, 5.41) is 1.86. The van der Waals surface area contributed by atoms with Crippen LogP contribution in [0.15, 0.2) is 0 Å². The van der Waals surface area contributed by atoms with Crippen molar-refractivity contribution in [2.45, 2.75) is 66.4 Å². The van der Waals surface area contributed by atoms with Crippen LogP contribution in [-0.4, -0.2) is 26.8 Å². The van der Waals surface area contributed by atoms with E-state index in [9.17, 15) is 0 Å². The van der Waals surface area contributed by atoms with Gasteiger partial charge in [0.1, 0.15) is 0 Å². The second-order valence-electron chi connectivity index (χ2n) is 4.71. The van der Waals surface area contributed by atoms with Crippen LogP contribution in [0.3, 0.4) is 0 Å². The van der Waals surface area contributed by atoms with Crippen LogP contribution in [0.25, 0.3) is 0 Å². The maximum Gasteiger partial charge on any atom is 0.00275 e. The van der Waals surface area contributed by atoms with Crippen LogP contribution < -0.4 is 0 Å². The molecule has 0 heterocycles. The Balaban J connectivity index is 3.55. The molecule has 104 valence electrons. The summed E-state index contributed by atoms with van der Waals surface area (Å²) in [5.41, 5.74) is 0. The molecular weight excluding hydrogens is 304 g/mol. The first-order valence-corrected chi connectivity index (χ1v) is 8.98. The molecule has 0 fully saturated rings. The fourth-order valence-corrected chi connectivity index (χ4v) is 3.70. The second kappa shape index (κ2) is 11.6. The number of thiol groups is 5. The molecule has 0 aromatic rings. The molecule has 0 aromatic carbocycles. The Morgan fingerprint density at radius 3 is 1.53 bits per heavy atom. The van der Waals surface area contributed by atoms with Crippen LogP contribution in [0.2, 0.25) is 0 Å².